The first kappa shape index (κ1) is 16.8. The molecule has 0 fully saturated rings. The maximum absolute atomic E-state index is 14.4. The van der Waals surface area contributed by atoms with Gasteiger partial charge in [-0.3, -0.25) is 4.79 Å². The Morgan fingerprint density at radius 3 is 2.54 bits per heavy atom. The zero-order valence-electron chi connectivity index (χ0n) is 13.8. The Labute approximate surface area is 148 Å². The highest BCUT2D eigenvalue weighted by Gasteiger charge is 2.17. The maximum Gasteiger partial charge on any atom is 0.180 e. The van der Waals surface area contributed by atoms with E-state index in [4.69, 9.17) is 0 Å². The molecule has 0 amide bonds. The summed E-state index contributed by atoms with van der Waals surface area (Å²) in [4.78, 5) is 16.7. The van der Waals surface area contributed by atoms with Gasteiger partial charge in [-0.05, 0) is 48.7 Å². The van der Waals surface area contributed by atoms with E-state index in [0.717, 1.165) is 21.0 Å². The maximum atomic E-state index is 14.4. The van der Waals surface area contributed by atoms with Crippen molar-refractivity contribution >= 4 is 32.6 Å². The summed E-state index contributed by atoms with van der Waals surface area (Å²) in [6.45, 7) is 5.76. The zero-order valence-corrected chi connectivity index (χ0v) is 15.4. The number of aromatic nitrogens is 1. The summed E-state index contributed by atoms with van der Waals surface area (Å²) in [5.41, 5.74) is 4.30. The van der Waals surface area contributed by atoms with Gasteiger partial charge in [-0.25, -0.2) is 9.37 Å². The van der Waals surface area contributed by atoms with Crippen LogP contribution < -0.4 is 0 Å². The lowest BCUT2D eigenvalue weighted by Crippen LogP contribution is -2.03. The van der Waals surface area contributed by atoms with Gasteiger partial charge in [0.05, 0.1) is 5.52 Å². The van der Waals surface area contributed by atoms with Crippen molar-refractivity contribution in [3.63, 3.8) is 0 Å². The SMILES string of the molecule is CCC(=O)c1cc(-c2ccccc2F)c2c(C)c(Br)c(C)cc2n1. The van der Waals surface area contributed by atoms with Crippen LogP contribution in [-0.4, -0.2) is 10.8 Å². The second kappa shape index (κ2) is 6.44. The number of pyridine rings is 1. The molecule has 3 rings (SSSR count). The van der Waals surface area contributed by atoms with Crippen LogP contribution in [0.3, 0.4) is 0 Å². The van der Waals surface area contributed by atoms with Crippen LogP contribution >= 0.6 is 15.9 Å². The predicted molar refractivity (Wildman–Crippen MR) is 98.9 cm³/mol. The lowest BCUT2D eigenvalue weighted by molar-refractivity contribution is 0.0984. The van der Waals surface area contributed by atoms with Crippen molar-refractivity contribution in [3.05, 3.63) is 63.5 Å². The number of fused-ring (bicyclic) bond motifs is 1. The molecular formula is C20H17BrFNO. The van der Waals surface area contributed by atoms with Gasteiger partial charge in [0.25, 0.3) is 0 Å². The molecule has 0 aliphatic rings. The molecule has 0 aliphatic heterocycles. The molecule has 3 aromatic rings. The summed E-state index contributed by atoms with van der Waals surface area (Å²) in [7, 11) is 0. The van der Waals surface area contributed by atoms with Crippen LogP contribution in [-0.2, 0) is 0 Å². The average Bonchev–Trinajstić information content (AvgIpc) is 2.58. The fourth-order valence-corrected chi connectivity index (χ4v) is 3.27. The van der Waals surface area contributed by atoms with Crippen LogP contribution in [0.25, 0.3) is 22.0 Å². The lowest BCUT2D eigenvalue weighted by atomic mass is 9.94. The van der Waals surface area contributed by atoms with E-state index in [2.05, 4.69) is 20.9 Å². The first-order chi connectivity index (χ1) is 11.4. The number of carbonyl (C=O) groups is 1. The van der Waals surface area contributed by atoms with Crippen LogP contribution in [0.2, 0.25) is 0 Å². The number of hydrogen-bond donors (Lipinski definition) is 0. The molecule has 4 heteroatoms. The van der Waals surface area contributed by atoms with Crippen molar-refractivity contribution in [2.45, 2.75) is 27.2 Å². The van der Waals surface area contributed by atoms with E-state index < -0.39 is 0 Å². The summed E-state index contributed by atoms with van der Waals surface area (Å²) < 4.78 is 15.4. The molecule has 0 radical (unpaired) electrons. The van der Waals surface area contributed by atoms with E-state index in [1.807, 2.05) is 19.9 Å². The van der Waals surface area contributed by atoms with Gasteiger partial charge in [0.2, 0.25) is 0 Å². The summed E-state index contributed by atoms with van der Waals surface area (Å²) >= 11 is 3.60. The zero-order chi connectivity index (χ0) is 17.4. The number of rotatable bonds is 3. The van der Waals surface area contributed by atoms with Crippen LogP contribution in [0, 0.1) is 19.7 Å². The van der Waals surface area contributed by atoms with Crippen LogP contribution in [0.4, 0.5) is 4.39 Å². The quantitative estimate of drug-likeness (QED) is 0.516. The number of carbonyl (C=O) groups excluding carboxylic acids is 1. The van der Waals surface area contributed by atoms with E-state index >= 15 is 0 Å². The minimum Gasteiger partial charge on any atom is -0.292 e. The first-order valence-corrected chi connectivity index (χ1v) is 8.62. The third-order valence-corrected chi connectivity index (χ3v) is 5.44. The highest BCUT2D eigenvalue weighted by molar-refractivity contribution is 9.10. The predicted octanol–water partition coefficient (Wildman–Crippen LogP) is 6.01. The topological polar surface area (TPSA) is 30.0 Å². The number of benzene rings is 2. The van der Waals surface area contributed by atoms with Crippen molar-refractivity contribution < 1.29 is 9.18 Å². The molecule has 0 unspecified atom stereocenters. The van der Waals surface area contributed by atoms with E-state index in [1.165, 1.54) is 6.07 Å². The highest BCUT2D eigenvalue weighted by Crippen LogP contribution is 2.37. The fourth-order valence-electron chi connectivity index (χ4n) is 2.95. The molecular weight excluding hydrogens is 369 g/mol. The van der Waals surface area contributed by atoms with Crippen molar-refractivity contribution in [1.29, 1.82) is 0 Å². The average molecular weight is 386 g/mol. The molecule has 0 N–H and O–H groups in total. The van der Waals surface area contributed by atoms with E-state index in [0.29, 0.717) is 28.8 Å². The Kier molecular flexibility index (Phi) is 4.50. The highest BCUT2D eigenvalue weighted by atomic mass is 79.9. The van der Waals surface area contributed by atoms with Gasteiger partial charge in [0, 0.05) is 21.8 Å². The van der Waals surface area contributed by atoms with Crippen molar-refractivity contribution in [2.75, 3.05) is 0 Å². The van der Waals surface area contributed by atoms with Crippen LogP contribution in [0.1, 0.15) is 35.0 Å². The van der Waals surface area contributed by atoms with Gasteiger partial charge in [0.15, 0.2) is 5.78 Å². The number of nitrogens with zero attached hydrogens (tertiary/aromatic N) is 1. The van der Waals surface area contributed by atoms with Gasteiger partial charge >= 0.3 is 0 Å². The first-order valence-electron chi connectivity index (χ1n) is 7.82. The molecule has 1 heterocycles. The van der Waals surface area contributed by atoms with Crippen LogP contribution in [0.15, 0.2) is 40.9 Å². The molecule has 1 aromatic heterocycles. The molecule has 0 spiro atoms. The van der Waals surface area contributed by atoms with E-state index in [1.54, 1.807) is 31.2 Å². The van der Waals surface area contributed by atoms with Gasteiger partial charge in [0.1, 0.15) is 11.5 Å². The lowest BCUT2D eigenvalue weighted by Gasteiger charge is -2.15. The minimum atomic E-state index is -0.309. The minimum absolute atomic E-state index is 0.0484. The second-order valence-electron chi connectivity index (χ2n) is 5.84. The van der Waals surface area contributed by atoms with Gasteiger partial charge in [-0.15, -0.1) is 0 Å². The monoisotopic (exact) mass is 385 g/mol. The largest absolute Gasteiger partial charge is 0.292 e. The van der Waals surface area contributed by atoms with Crippen molar-refractivity contribution in [2.24, 2.45) is 0 Å². The number of aryl methyl sites for hydroxylation is 2. The third-order valence-electron chi connectivity index (χ3n) is 4.22. The standard InChI is InChI=1S/C20H17BrFNO/c1-4-18(24)16-10-14(13-7-5-6-8-15(13)22)19-12(3)20(21)11(2)9-17(19)23-16/h5-10H,4H2,1-3H3. The molecule has 0 bridgehead atoms. The van der Waals surface area contributed by atoms with E-state index in [-0.39, 0.29) is 11.6 Å². The molecule has 2 nitrogen and oxygen atoms in total. The summed E-state index contributed by atoms with van der Waals surface area (Å²) in [5, 5.41) is 0.866. The van der Waals surface area contributed by atoms with Gasteiger partial charge in [-0.1, -0.05) is 41.1 Å². The Morgan fingerprint density at radius 1 is 1.17 bits per heavy atom. The molecule has 0 aliphatic carbocycles. The molecule has 0 atom stereocenters. The normalized spacial score (nSPS) is 11.0. The second-order valence-corrected chi connectivity index (χ2v) is 6.63. The number of Topliss-reactive ketones (excluding diaryl/α,β-unsaturated/α-hetero) is 1. The van der Waals surface area contributed by atoms with Crippen molar-refractivity contribution in [1.82, 2.24) is 4.98 Å². The Morgan fingerprint density at radius 2 is 1.88 bits per heavy atom. The summed E-state index contributed by atoms with van der Waals surface area (Å²) in [6.07, 6.45) is 0.365. The molecule has 24 heavy (non-hydrogen) atoms. The van der Waals surface area contributed by atoms with Gasteiger partial charge in [-0.2, -0.15) is 0 Å². The molecule has 122 valence electrons. The number of ketones is 1. The van der Waals surface area contributed by atoms with Crippen LogP contribution in [0.5, 0.6) is 0 Å². The van der Waals surface area contributed by atoms with Gasteiger partial charge < -0.3 is 0 Å². The Bertz CT molecular complexity index is 966. The number of halogens is 2. The van der Waals surface area contributed by atoms with Crippen molar-refractivity contribution in [3.8, 4) is 11.1 Å². The Balaban J connectivity index is 2.47. The Hall–Kier alpha value is -2.07. The number of hydrogen-bond acceptors (Lipinski definition) is 2. The third kappa shape index (κ3) is 2.75. The molecule has 0 saturated heterocycles. The summed E-state index contributed by atoms with van der Waals surface area (Å²) in [5.74, 6) is -0.358. The van der Waals surface area contributed by atoms with E-state index in [9.17, 15) is 9.18 Å². The summed E-state index contributed by atoms with van der Waals surface area (Å²) in [6, 6.07) is 10.3. The molecule has 0 saturated carbocycles. The fraction of sp³-hybridized carbons (Fsp3) is 0.200. The molecule has 2 aromatic carbocycles. The smallest absolute Gasteiger partial charge is 0.180 e.